The van der Waals surface area contributed by atoms with Crippen molar-refractivity contribution in [1.82, 2.24) is 4.98 Å². The zero-order chi connectivity index (χ0) is 11.4. The minimum absolute atomic E-state index is 1.03. The summed E-state index contributed by atoms with van der Waals surface area (Å²) in [6.45, 7) is 2.17. The Morgan fingerprint density at radius 3 is 2.75 bits per heavy atom. The van der Waals surface area contributed by atoms with Crippen molar-refractivity contribution in [3.05, 3.63) is 39.1 Å². The van der Waals surface area contributed by atoms with Gasteiger partial charge in [0, 0.05) is 21.2 Å². The Hall–Kier alpha value is -0.320. The zero-order valence-electron chi connectivity index (χ0n) is 8.94. The van der Waals surface area contributed by atoms with Crippen molar-refractivity contribution in [3.63, 3.8) is 0 Å². The number of nitrogens with zero attached hydrogens (tertiary/aromatic N) is 1. The van der Waals surface area contributed by atoms with Crippen molar-refractivity contribution in [2.24, 2.45) is 0 Å². The van der Waals surface area contributed by atoms with E-state index in [2.05, 4.69) is 57.5 Å². The molecule has 1 heterocycles. The maximum atomic E-state index is 4.63. The Morgan fingerprint density at radius 1 is 1.31 bits per heavy atom. The van der Waals surface area contributed by atoms with Gasteiger partial charge in [-0.1, -0.05) is 35.0 Å². The van der Waals surface area contributed by atoms with Gasteiger partial charge in [-0.05, 0) is 17.9 Å². The lowest BCUT2D eigenvalue weighted by molar-refractivity contribution is 1.27. The molecule has 0 spiro atoms. The third-order valence-electron chi connectivity index (χ3n) is 2.12. The van der Waals surface area contributed by atoms with Crippen LogP contribution in [0.2, 0.25) is 0 Å². The van der Waals surface area contributed by atoms with Crippen LogP contribution in [-0.4, -0.2) is 10.7 Å². The van der Waals surface area contributed by atoms with Crippen LogP contribution in [0.15, 0.2) is 34.1 Å². The summed E-state index contributed by atoms with van der Waals surface area (Å²) in [7, 11) is 0. The highest BCUT2D eigenvalue weighted by Crippen LogP contribution is 2.25. The molecular weight excluding hydrogens is 302 g/mol. The summed E-state index contributed by atoms with van der Waals surface area (Å²) in [6.07, 6.45) is 0. The van der Waals surface area contributed by atoms with Crippen LogP contribution in [0.25, 0.3) is 11.3 Å². The predicted octanol–water partition coefficient (Wildman–Crippen LogP) is 4.83. The highest BCUT2D eigenvalue weighted by molar-refractivity contribution is 9.10. The Balaban J connectivity index is 2.15. The Kier molecular flexibility index (Phi) is 4.44. The molecule has 0 unspecified atom stereocenters. The number of rotatable bonds is 4. The standard InChI is InChI=1S/C12H12BrNS2/c1-2-15-8-12-14-11(7-16-12)9-3-5-10(13)6-4-9/h3-7H,2,8H2,1H3. The van der Waals surface area contributed by atoms with E-state index in [9.17, 15) is 0 Å². The van der Waals surface area contributed by atoms with Crippen LogP contribution in [0.5, 0.6) is 0 Å². The molecule has 0 aliphatic carbocycles. The summed E-state index contributed by atoms with van der Waals surface area (Å²) < 4.78 is 1.10. The molecule has 0 bridgehead atoms. The molecule has 0 N–H and O–H groups in total. The summed E-state index contributed by atoms with van der Waals surface area (Å²) in [4.78, 5) is 4.63. The van der Waals surface area contributed by atoms with E-state index in [4.69, 9.17) is 0 Å². The highest BCUT2D eigenvalue weighted by atomic mass is 79.9. The third kappa shape index (κ3) is 3.09. The molecule has 2 rings (SSSR count). The predicted molar refractivity (Wildman–Crippen MR) is 77.1 cm³/mol. The fourth-order valence-electron chi connectivity index (χ4n) is 1.32. The van der Waals surface area contributed by atoms with E-state index in [-0.39, 0.29) is 0 Å². The number of hydrogen-bond acceptors (Lipinski definition) is 3. The number of hydrogen-bond donors (Lipinski definition) is 0. The van der Waals surface area contributed by atoms with Gasteiger partial charge in [-0.25, -0.2) is 4.98 Å². The van der Waals surface area contributed by atoms with Crippen molar-refractivity contribution in [1.29, 1.82) is 0 Å². The van der Waals surface area contributed by atoms with Gasteiger partial charge in [0.2, 0.25) is 0 Å². The quantitative estimate of drug-likeness (QED) is 0.802. The molecule has 0 aliphatic rings. The Labute approximate surface area is 112 Å². The first-order valence-corrected chi connectivity index (χ1v) is 7.90. The van der Waals surface area contributed by atoms with Gasteiger partial charge in [0.15, 0.2) is 0 Å². The van der Waals surface area contributed by atoms with Gasteiger partial charge in [0.25, 0.3) is 0 Å². The van der Waals surface area contributed by atoms with Crippen molar-refractivity contribution in [3.8, 4) is 11.3 Å². The molecule has 1 aromatic heterocycles. The molecule has 0 radical (unpaired) electrons. The lowest BCUT2D eigenvalue weighted by Crippen LogP contribution is -1.81. The second-order valence-electron chi connectivity index (χ2n) is 3.27. The van der Waals surface area contributed by atoms with Crippen molar-refractivity contribution in [2.75, 3.05) is 5.75 Å². The first kappa shape index (κ1) is 12.1. The largest absolute Gasteiger partial charge is 0.240 e. The number of aromatic nitrogens is 1. The van der Waals surface area contributed by atoms with Crippen LogP contribution in [0, 0.1) is 0 Å². The van der Waals surface area contributed by atoms with Crippen LogP contribution < -0.4 is 0 Å². The van der Waals surface area contributed by atoms with Crippen LogP contribution >= 0.6 is 39.0 Å². The van der Waals surface area contributed by atoms with E-state index < -0.39 is 0 Å². The minimum atomic E-state index is 1.03. The van der Waals surface area contributed by atoms with E-state index in [1.165, 1.54) is 10.6 Å². The molecule has 0 amide bonds. The third-order valence-corrected chi connectivity index (χ3v) is 4.57. The average Bonchev–Trinajstić information content (AvgIpc) is 2.76. The van der Waals surface area contributed by atoms with Crippen molar-refractivity contribution >= 4 is 39.0 Å². The average molecular weight is 314 g/mol. The number of thioether (sulfide) groups is 1. The maximum Gasteiger partial charge on any atom is 0.103 e. The second-order valence-corrected chi connectivity index (χ2v) is 6.40. The van der Waals surface area contributed by atoms with Gasteiger partial charge in [-0.2, -0.15) is 11.8 Å². The fourth-order valence-corrected chi connectivity index (χ4v) is 3.14. The Bertz CT molecular complexity index is 450. The fraction of sp³-hybridized carbons (Fsp3) is 0.250. The zero-order valence-corrected chi connectivity index (χ0v) is 12.2. The molecule has 1 nitrogen and oxygen atoms in total. The highest BCUT2D eigenvalue weighted by Gasteiger charge is 2.04. The molecular formula is C12H12BrNS2. The molecule has 0 saturated carbocycles. The topological polar surface area (TPSA) is 12.9 Å². The molecule has 84 valence electrons. The van der Waals surface area contributed by atoms with Gasteiger partial charge >= 0.3 is 0 Å². The molecule has 2 aromatic rings. The molecule has 1 aromatic carbocycles. The van der Waals surface area contributed by atoms with E-state index >= 15 is 0 Å². The number of benzene rings is 1. The van der Waals surface area contributed by atoms with E-state index in [1.807, 2.05) is 11.8 Å². The summed E-state index contributed by atoms with van der Waals surface area (Å²) in [6, 6.07) is 8.29. The SMILES string of the molecule is CCSCc1nc(-c2ccc(Br)cc2)cs1. The second kappa shape index (κ2) is 5.84. The summed E-state index contributed by atoms with van der Waals surface area (Å²) >= 11 is 7.09. The van der Waals surface area contributed by atoms with Gasteiger partial charge < -0.3 is 0 Å². The normalized spacial score (nSPS) is 10.6. The minimum Gasteiger partial charge on any atom is -0.240 e. The Morgan fingerprint density at radius 2 is 2.06 bits per heavy atom. The number of thiazole rings is 1. The molecule has 0 aliphatic heterocycles. The first-order chi connectivity index (χ1) is 7.79. The summed E-state index contributed by atoms with van der Waals surface area (Å²) in [5.41, 5.74) is 2.27. The molecule has 16 heavy (non-hydrogen) atoms. The summed E-state index contributed by atoms with van der Waals surface area (Å²) in [5.74, 6) is 2.17. The van der Waals surface area contributed by atoms with Crippen LogP contribution in [-0.2, 0) is 5.75 Å². The van der Waals surface area contributed by atoms with Crippen LogP contribution in [0.3, 0.4) is 0 Å². The smallest absolute Gasteiger partial charge is 0.103 e. The van der Waals surface area contributed by atoms with Gasteiger partial charge in [0.1, 0.15) is 5.01 Å². The number of halogens is 1. The molecule has 0 fully saturated rings. The summed E-state index contributed by atoms with van der Waals surface area (Å²) in [5, 5.41) is 3.35. The van der Waals surface area contributed by atoms with Crippen molar-refractivity contribution in [2.45, 2.75) is 12.7 Å². The lowest BCUT2D eigenvalue weighted by atomic mass is 10.2. The van der Waals surface area contributed by atoms with E-state index in [0.29, 0.717) is 0 Å². The van der Waals surface area contributed by atoms with Crippen LogP contribution in [0.4, 0.5) is 0 Å². The first-order valence-electron chi connectivity index (χ1n) is 5.07. The van der Waals surface area contributed by atoms with Crippen molar-refractivity contribution < 1.29 is 0 Å². The molecule has 0 atom stereocenters. The van der Waals surface area contributed by atoms with E-state index in [1.54, 1.807) is 11.3 Å². The van der Waals surface area contributed by atoms with Crippen LogP contribution in [0.1, 0.15) is 11.9 Å². The van der Waals surface area contributed by atoms with Gasteiger partial charge in [-0.3, -0.25) is 0 Å². The lowest BCUT2D eigenvalue weighted by Gasteiger charge is -1.96. The van der Waals surface area contributed by atoms with E-state index in [0.717, 1.165) is 21.7 Å². The van der Waals surface area contributed by atoms with Gasteiger partial charge in [-0.15, -0.1) is 11.3 Å². The molecule has 4 heteroatoms. The molecule has 0 saturated heterocycles. The monoisotopic (exact) mass is 313 g/mol. The van der Waals surface area contributed by atoms with Gasteiger partial charge in [0.05, 0.1) is 5.69 Å². The maximum absolute atomic E-state index is 4.63.